The number of nitrogens with zero attached hydrogens (tertiary/aromatic N) is 2. The minimum atomic E-state index is -0.154. The van der Waals surface area contributed by atoms with Crippen molar-refractivity contribution in [1.82, 2.24) is 15.1 Å². The maximum Gasteiger partial charge on any atom is 0.276 e. The van der Waals surface area contributed by atoms with E-state index in [1.54, 1.807) is 0 Å². The van der Waals surface area contributed by atoms with Gasteiger partial charge in [-0.1, -0.05) is 30.3 Å². The van der Waals surface area contributed by atoms with E-state index >= 15 is 0 Å². The van der Waals surface area contributed by atoms with Crippen molar-refractivity contribution in [3.63, 3.8) is 0 Å². The van der Waals surface area contributed by atoms with Gasteiger partial charge in [0.1, 0.15) is 0 Å². The van der Waals surface area contributed by atoms with Gasteiger partial charge in [0, 0.05) is 41.8 Å². The number of likely N-dealkylation sites (N-methyl/N-ethyl adjacent to an activating group) is 1. The summed E-state index contributed by atoms with van der Waals surface area (Å²) in [4.78, 5) is 15.0. The molecule has 0 unspecified atom stereocenters. The van der Waals surface area contributed by atoms with Gasteiger partial charge in [-0.25, -0.2) is 0 Å². The second kappa shape index (κ2) is 5.76. The van der Waals surface area contributed by atoms with Gasteiger partial charge in [0.2, 0.25) is 0 Å². The number of benzene rings is 2. The number of H-pyrrole nitrogens is 1. The van der Waals surface area contributed by atoms with Crippen LogP contribution in [0.2, 0.25) is 0 Å². The van der Waals surface area contributed by atoms with Crippen molar-refractivity contribution < 1.29 is 4.79 Å². The number of aromatic nitrogens is 2. The van der Waals surface area contributed by atoms with Crippen molar-refractivity contribution in [2.75, 3.05) is 18.9 Å². The molecule has 3 aromatic rings. The van der Waals surface area contributed by atoms with Gasteiger partial charge in [0.25, 0.3) is 5.91 Å². The van der Waals surface area contributed by atoms with E-state index in [1.807, 2.05) is 31.2 Å². The van der Waals surface area contributed by atoms with E-state index in [0.717, 1.165) is 52.8 Å². The number of aromatic amines is 1. The van der Waals surface area contributed by atoms with Crippen LogP contribution < -0.4 is 5.32 Å². The molecule has 0 radical (unpaired) electrons. The van der Waals surface area contributed by atoms with E-state index in [9.17, 15) is 4.79 Å². The largest absolute Gasteiger partial charge is 0.320 e. The van der Waals surface area contributed by atoms with E-state index in [2.05, 4.69) is 39.6 Å². The minimum absolute atomic E-state index is 0.154. The molecule has 1 aliphatic rings. The highest BCUT2D eigenvalue weighted by molar-refractivity contribution is 6.09. The molecule has 4 rings (SSSR count). The number of aryl methyl sites for hydroxylation is 1. The number of amides is 1. The molecular formula is C19H20N4O. The summed E-state index contributed by atoms with van der Waals surface area (Å²) in [7, 11) is 2.06. The molecule has 2 heterocycles. The third-order valence-corrected chi connectivity index (χ3v) is 4.59. The maximum absolute atomic E-state index is 12.8. The van der Waals surface area contributed by atoms with E-state index in [0.29, 0.717) is 5.69 Å². The lowest BCUT2D eigenvalue weighted by atomic mass is 10.0. The van der Waals surface area contributed by atoms with Crippen molar-refractivity contribution in [3.05, 3.63) is 58.9 Å². The average Bonchev–Trinajstić information content (AvgIpc) is 2.97. The fraction of sp³-hybridized carbons (Fsp3) is 0.263. The third kappa shape index (κ3) is 2.57. The fourth-order valence-corrected chi connectivity index (χ4v) is 3.36. The molecule has 1 amide bonds. The van der Waals surface area contributed by atoms with Crippen LogP contribution in [0, 0.1) is 6.92 Å². The zero-order valence-electron chi connectivity index (χ0n) is 13.9. The van der Waals surface area contributed by atoms with Gasteiger partial charge in [0.05, 0.1) is 0 Å². The Morgan fingerprint density at radius 2 is 2.12 bits per heavy atom. The summed E-state index contributed by atoms with van der Waals surface area (Å²) in [5.41, 5.74) is 4.54. The summed E-state index contributed by atoms with van der Waals surface area (Å²) >= 11 is 0. The van der Waals surface area contributed by atoms with Crippen LogP contribution in [-0.2, 0) is 13.0 Å². The molecule has 0 bridgehead atoms. The number of hydrogen-bond acceptors (Lipinski definition) is 3. The molecule has 2 aromatic carbocycles. The molecular weight excluding hydrogens is 300 g/mol. The second-order valence-electron chi connectivity index (χ2n) is 6.50. The first-order valence-electron chi connectivity index (χ1n) is 8.17. The number of hydrogen-bond donors (Lipinski definition) is 2. The lowest BCUT2D eigenvalue weighted by Crippen LogP contribution is -2.27. The van der Waals surface area contributed by atoms with Crippen LogP contribution in [0.15, 0.2) is 36.4 Å². The molecule has 0 fully saturated rings. The molecule has 5 nitrogen and oxygen atoms in total. The zero-order valence-corrected chi connectivity index (χ0v) is 13.9. The van der Waals surface area contributed by atoms with Crippen LogP contribution in [0.5, 0.6) is 0 Å². The van der Waals surface area contributed by atoms with Gasteiger partial charge < -0.3 is 10.2 Å². The smallest absolute Gasteiger partial charge is 0.276 e. The van der Waals surface area contributed by atoms with Crippen molar-refractivity contribution in [2.45, 2.75) is 19.9 Å². The predicted molar refractivity (Wildman–Crippen MR) is 95.3 cm³/mol. The molecule has 0 aliphatic carbocycles. The maximum atomic E-state index is 12.8. The monoisotopic (exact) mass is 320 g/mol. The van der Waals surface area contributed by atoms with Crippen LogP contribution in [0.4, 0.5) is 5.69 Å². The van der Waals surface area contributed by atoms with E-state index in [1.165, 1.54) is 0 Å². The Balaban J connectivity index is 1.70. The van der Waals surface area contributed by atoms with Crippen molar-refractivity contribution in [1.29, 1.82) is 0 Å². The Kier molecular flexibility index (Phi) is 3.58. The molecule has 0 spiro atoms. The molecule has 5 heteroatoms. The molecule has 0 saturated carbocycles. The highest BCUT2D eigenvalue weighted by Gasteiger charge is 2.24. The van der Waals surface area contributed by atoms with E-state index in [-0.39, 0.29) is 5.91 Å². The Labute approximate surface area is 140 Å². The van der Waals surface area contributed by atoms with Gasteiger partial charge in [0.15, 0.2) is 5.69 Å². The highest BCUT2D eigenvalue weighted by Crippen LogP contribution is 2.26. The summed E-state index contributed by atoms with van der Waals surface area (Å²) in [6.45, 7) is 3.77. The SMILES string of the molecule is Cc1cc(NC(=O)c2n[nH]c3c2CN(C)CC3)c2ccccc2c1. The summed E-state index contributed by atoms with van der Waals surface area (Å²) in [6, 6.07) is 12.2. The van der Waals surface area contributed by atoms with Gasteiger partial charge in [-0.2, -0.15) is 5.10 Å². The predicted octanol–water partition coefficient (Wildman–Crippen LogP) is 3.11. The summed E-state index contributed by atoms with van der Waals surface area (Å²) < 4.78 is 0. The number of nitrogens with one attached hydrogen (secondary N) is 2. The number of rotatable bonds is 2. The molecule has 24 heavy (non-hydrogen) atoms. The van der Waals surface area contributed by atoms with Gasteiger partial charge in [-0.15, -0.1) is 0 Å². The molecule has 122 valence electrons. The number of anilines is 1. The third-order valence-electron chi connectivity index (χ3n) is 4.59. The Hall–Kier alpha value is -2.66. The van der Waals surface area contributed by atoms with Gasteiger partial charge in [-0.05, 0) is 31.0 Å². The summed E-state index contributed by atoms with van der Waals surface area (Å²) in [5.74, 6) is -0.154. The first-order valence-corrected chi connectivity index (χ1v) is 8.17. The average molecular weight is 320 g/mol. The molecule has 2 N–H and O–H groups in total. The Morgan fingerprint density at radius 1 is 1.29 bits per heavy atom. The number of carbonyl (C=O) groups excluding carboxylic acids is 1. The lowest BCUT2D eigenvalue weighted by molar-refractivity contribution is 0.102. The molecule has 1 aromatic heterocycles. The van der Waals surface area contributed by atoms with Crippen molar-refractivity contribution in [3.8, 4) is 0 Å². The van der Waals surface area contributed by atoms with Crippen LogP contribution in [0.25, 0.3) is 10.8 Å². The first-order chi connectivity index (χ1) is 11.6. The van der Waals surface area contributed by atoms with Gasteiger partial charge in [-0.3, -0.25) is 9.89 Å². The van der Waals surface area contributed by atoms with Crippen molar-refractivity contribution in [2.24, 2.45) is 0 Å². The zero-order chi connectivity index (χ0) is 16.7. The number of carbonyl (C=O) groups is 1. The van der Waals surface area contributed by atoms with Gasteiger partial charge >= 0.3 is 0 Å². The number of fused-ring (bicyclic) bond motifs is 2. The quantitative estimate of drug-likeness (QED) is 0.763. The fourth-order valence-electron chi connectivity index (χ4n) is 3.36. The molecule has 1 aliphatic heterocycles. The molecule has 0 saturated heterocycles. The second-order valence-corrected chi connectivity index (χ2v) is 6.50. The van der Waals surface area contributed by atoms with Crippen molar-refractivity contribution >= 4 is 22.4 Å². The summed E-state index contributed by atoms with van der Waals surface area (Å²) in [6.07, 6.45) is 0.902. The standard InChI is InChI=1S/C19H20N4O/c1-12-9-13-5-3-4-6-14(13)17(10-12)20-19(24)18-15-11-23(2)8-7-16(15)21-22-18/h3-6,9-10H,7-8,11H2,1-2H3,(H,20,24)(H,21,22). The lowest BCUT2D eigenvalue weighted by Gasteiger charge is -2.22. The Bertz CT molecular complexity index is 928. The minimum Gasteiger partial charge on any atom is -0.320 e. The van der Waals surface area contributed by atoms with E-state index in [4.69, 9.17) is 0 Å². The summed E-state index contributed by atoms with van der Waals surface area (Å²) in [5, 5.41) is 12.5. The van der Waals surface area contributed by atoms with E-state index < -0.39 is 0 Å². The van der Waals surface area contributed by atoms with Crippen LogP contribution >= 0.6 is 0 Å². The highest BCUT2D eigenvalue weighted by atomic mass is 16.1. The van der Waals surface area contributed by atoms with Crippen LogP contribution in [0.3, 0.4) is 0 Å². The normalized spacial score (nSPS) is 14.6. The molecule has 0 atom stereocenters. The van der Waals surface area contributed by atoms with Crippen LogP contribution in [-0.4, -0.2) is 34.6 Å². The Morgan fingerprint density at radius 3 is 3.00 bits per heavy atom. The van der Waals surface area contributed by atoms with Crippen LogP contribution in [0.1, 0.15) is 27.3 Å². The topological polar surface area (TPSA) is 61.0 Å². The first kappa shape index (κ1) is 14.9.